The van der Waals surface area contributed by atoms with Crippen molar-refractivity contribution < 1.29 is 14.6 Å². The molecule has 0 amide bonds. The summed E-state index contributed by atoms with van der Waals surface area (Å²) >= 11 is 5.96. The highest BCUT2D eigenvalue weighted by Crippen LogP contribution is 2.31. The Bertz CT molecular complexity index is 452. The number of ether oxygens (including phenoxy) is 1. The van der Waals surface area contributed by atoms with Crippen molar-refractivity contribution in [3.63, 3.8) is 0 Å². The number of carboxylic acid groups (broad SMARTS) is 1. The first-order chi connectivity index (χ1) is 8.58. The zero-order chi connectivity index (χ0) is 13.5. The van der Waals surface area contributed by atoms with Crippen molar-refractivity contribution in [2.24, 2.45) is 0 Å². The van der Waals surface area contributed by atoms with E-state index in [1.54, 1.807) is 25.3 Å². The van der Waals surface area contributed by atoms with E-state index in [0.29, 0.717) is 17.2 Å². The fourth-order valence-corrected chi connectivity index (χ4v) is 1.90. The Balaban J connectivity index is 3.18. The Kier molecular flexibility index (Phi) is 5.72. The molecule has 0 aliphatic carbocycles. The van der Waals surface area contributed by atoms with E-state index >= 15 is 0 Å². The van der Waals surface area contributed by atoms with Gasteiger partial charge >= 0.3 is 5.97 Å². The molecule has 1 aromatic rings. The molecule has 0 saturated heterocycles. The number of unbranched alkanes of at least 4 members (excludes halogenated alkanes) is 1. The third-order valence-corrected chi connectivity index (χ3v) is 2.84. The summed E-state index contributed by atoms with van der Waals surface area (Å²) in [7, 11) is 1.56. The van der Waals surface area contributed by atoms with Crippen LogP contribution >= 0.6 is 11.6 Å². The number of hydrogen-bond donors (Lipinski definition) is 1. The number of benzene rings is 1. The predicted molar refractivity (Wildman–Crippen MR) is 73.1 cm³/mol. The van der Waals surface area contributed by atoms with Crippen molar-refractivity contribution in [2.75, 3.05) is 7.11 Å². The SMILES string of the molecule is CCCC/C(=C\C(=O)O)c1cc(Cl)ccc1OC. The first kappa shape index (κ1) is 14.6. The van der Waals surface area contributed by atoms with Gasteiger partial charge in [0.25, 0.3) is 0 Å². The number of carboxylic acids is 1. The molecular formula is C14H17ClO3. The summed E-state index contributed by atoms with van der Waals surface area (Å²) in [5, 5.41) is 9.50. The molecule has 0 aliphatic heterocycles. The zero-order valence-corrected chi connectivity index (χ0v) is 11.3. The summed E-state index contributed by atoms with van der Waals surface area (Å²) in [4.78, 5) is 10.9. The van der Waals surface area contributed by atoms with Gasteiger partial charge in [-0.3, -0.25) is 0 Å². The molecule has 18 heavy (non-hydrogen) atoms. The minimum absolute atomic E-state index is 0.568. The van der Waals surface area contributed by atoms with Crippen LogP contribution in [0.15, 0.2) is 24.3 Å². The summed E-state index contributed by atoms with van der Waals surface area (Å²) in [5.74, 6) is -0.314. The van der Waals surface area contributed by atoms with Gasteiger partial charge < -0.3 is 9.84 Å². The summed E-state index contributed by atoms with van der Waals surface area (Å²) in [6.45, 7) is 2.06. The monoisotopic (exact) mass is 268 g/mol. The van der Waals surface area contributed by atoms with Gasteiger partial charge in [0.05, 0.1) is 7.11 Å². The van der Waals surface area contributed by atoms with Crippen LogP contribution in [0.1, 0.15) is 31.7 Å². The molecule has 0 saturated carbocycles. The van der Waals surface area contributed by atoms with E-state index < -0.39 is 5.97 Å². The first-order valence-electron chi connectivity index (χ1n) is 5.86. The van der Waals surface area contributed by atoms with Crippen molar-refractivity contribution >= 4 is 23.1 Å². The normalized spacial score (nSPS) is 11.4. The van der Waals surface area contributed by atoms with Crippen LogP contribution in [0.2, 0.25) is 5.02 Å². The van der Waals surface area contributed by atoms with Crippen LogP contribution in [0.5, 0.6) is 5.75 Å². The maximum absolute atomic E-state index is 10.9. The molecule has 0 heterocycles. The molecule has 0 aromatic heterocycles. The molecule has 0 aliphatic rings. The number of carbonyl (C=O) groups is 1. The lowest BCUT2D eigenvalue weighted by molar-refractivity contribution is -0.131. The van der Waals surface area contributed by atoms with Gasteiger partial charge in [-0.15, -0.1) is 0 Å². The summed E-state index contributed by atoms with van der Waals surface area (Å²) < 4.78 is 5.25. The molecule has 3 nitrogen and oxygen atoms in total. The average molecular weight is 269 g/mol. The number of methoxy groups -OCH3 is 1. The van der Waals surface area contributed by atoms with E-state index in [1.807, 2.05) is 0 Å². The van der Waals surface area contributed by atoms with Crippen molar-refractivity contribution in [3.8, 4) is 5.75 Å². The summed E-state index contributed by atoms with van der Waals surface area (Å²) in [5.41, 5.74) is 1.49. The fraction of sp³-hybridized carbons (Fsp3) is 0.357. The molecule has 4 heteroatoms. The Morgan fingerprint density at radius 3 is 2.78 bits per heavy atom. The molecule has 0 atom stereocenters. The molecule has 0 spiro atoms. The van der Waals surface area contributed by atoms with Gasteiger partial charge in [0.1, 0.15) is 5.75 Å². The van der Waals surface area contributed by atoms with E-state index in [9.17, 15) is 4.79 Å². The highest BCUT2D eigenvalue weighted by atomic mass is 35.5. The number of hydrogen-bond acceptors (Lipinski definition) is 2. The highest BCUT2D eigenvalue weighted by Gasteiger charge is 2.10. The summed E-state index contributed by atoms with van der Waals surface area (Å²) in [6.07, 6.45) is 3.85. The van der Waals surface area contributed by atoms with Crippen molar-refractivity contribution in [3.05, 3.63) is 34.9 Å². The minimum atomic E-state index is -0.955. The Hall–Kier alpha value is -1.48. The van der Waals surface area contributed by atoms with Crippen LogP contribution < -0.4 is 4.74 Å². The van der Waals surface area contributed by atoms with Gasteiger partial charge in [0, 0.05) is 16.7 Å². The second-order valence-corrected chi connectivity index (χ2v) is 4.39. The third-order valence-electron chi connectivity index (χ3n) is 2.60. The second kappa shape index (κ2) is 7.07. The van der Waals surface area contributed by atoms with Gasteiger partial charge in [-0.25, -0.2) is 4.79 Å². The quantitative estimate of drug-likeness (QED) is 0.793. The molecule has 0 fully saturated rings. The van der Waals surface area contributed by atoms with Crippen molar-refractivity contribution in [1.29, 1.82) is 0 Å². The van der Waals surface area contributed by atoms with E-state index in [4.69, 9.17) is 21.4 Å². The lowest BCUT2D eigenvalue weighted by Gasteiger charge is -2.12. The van der Waals surface area contributed by atoms with Crippen LogP contribution in [0.4, 0.5) is 0 Å². The Morgan fingerprint density at radius 1 is 1.50 bits per heavy atom. The van der Waals surface area contributed by atoms with Crippen molar-refractivity contribution in [1.82, 2.24) is 0 Å². The van der Waals surface area contributed by atoms with Crippen LogP contribution in [0, 0.1) is 0 Å². The molecule has 1 rings (SSSR count). The summed E-state index contributed by atoms with van der Waals surface area (Å²) in [6, 6.07) is 5.21. The predicted octanol–water partition coefficient (Wildman–Crippen LogP) is 4.01. The van der Waals surface area contributed by atoms with Gasteiger partial charge in [-0.2, -0.15) is 0 Å². The van der Waals surface area contributed by atoms with Crippen molar-refractivity contribution in [2.45, 2.75) is 26.2 Å². The second-order valence-electron chi connectivity index (χ2n) is 3.96. The smallest absolute Gasteiger partial charge is 0.328 e. The topological polar surface area (TPSA) is 46.5 Å². The standard InChI is InChI=1S/C14H17ClO3/c1-3-4-5-10(8-14(16)17)12-9-11(15)6-7-13(12)18-2/h6-9H,3-5H2,1-2H3,(H,16,17)/b10-8+. The van der Waals surface area contributed by atoms with Crippen LogP contribution in [-0.4, -0.2) is 18.2 Å². The number of halogens is 1. The Morgan fingerprint density at radius 2 is 2.22 bits per heavy atom. The molecule has 0 bridgehead atoms. The Labute approximate surface area is 112 Å². The first-order valence-corrected chi connectivity index (χ1v) is 6.23. The lowest BCUT2D eigenvalue weighted by Crippen LogP contribution is -1.96. The third kappa shape index (κ3) is 4.08. The minimum Gasteiger partial charge on any atom is -0.496 e. The molecule has 0 radical (unpaired) electrons. The van der Waals surface area contributed by atoms with Gasteiger partial charge in [0.2, 0.25) is 0 Å². The van der Waals surface area contributed by atoms with Crippen LogP contribution in [0.25, 0.3) is 5.57 Å². The van der Waals surface area contributed by atoms with Gasteiger partial charge in [-0.05, 0) is 36.6 Å². The zero-order valence-electron chi connectivity index (χ0n) is 10.6. The largest absolute Gasteiger partial charge is 0.496 e. The molecule has 1 aromatic carbocycles. The van der Waals surface area contributed by atoms with E-state index in [1.165, 1.54) is 6.08 Å². The van der Waals surface area contributed by atoms with Gasteiger partial charge in [0.15, 0.2) is 0 Å². The highest BCUT2D eigenvalue weighted by molar-refractivity contribution is 6.30. The molecule has 98 valence electrons. The van der Waals surface area contributed by atoms with E-state index in [2.05, 4.69) is 6.92 Å². The van der Waals surface area contributed by atoms with Crippen LogP contribution in [-0.2, 0) is 4.79 Å². The molecular weight excluding hydrogens is 252 g/mol. The maximum atomic E-state index is 10.9. The number of allylic oxidation sites excluding steroid dienone is 1. The average Bonchev–Trinajstić information content (AvgIpc) is 2.34. The number of aliphatic carboxylic acids is 1. The van der Waals surface area contributed by atoms with E-state index in [-0.39, 0.29) is 0 Å². The molecule has 1 N–H and O–H groups in total. The van der Waals surface area contributed by atoms with E-state index in [0.717, 1.165) is 24.0 Å². The fourth-order valence-electron chi connectivity index (χ4n) is 1.73. The van der Waals surface area contributed by atoms with Crippen LogP contribution in [0.3, 0.4) is 0 Å². The van der Waals surface area contributed by atoms with Gasteiger partial charge in [-0.1, -0.05) is 24.9 Å². The maximum Gasteiger partial charge on any atom is 0.328 e. The lowest BCUT2D eigenvalue weighted by atomic mass is 9.99. The molecule has 0 unspecified atom stereocenters. The number of rotatable bonds is 6.